The third kappa shape index (κ3) is 4.04. The fraction of sp³-hybridized carbons (Fsp3) is 0.417. The number of ether oxygens (including phenoxy) is 1. The van der Waals surface area contributed by atoms with Crippen LogP contribution in [0, 0.1) is 44.6 Å². The molecule has 2 rings (SSSR count). The van der Waals surface area contributed by atoms with Crippen molar-refractivity contribution in [1.82, 2.24) is 4.31 Å². The zero-order valence-electron chi connectivity index (χ0n) is 10.6. The summed E-state index contributed by atoms with van der Waals surface area (Å²) in [6.07, 6.45) is -0.487. The summed E-state index contributed by atoms with van der Waals surface area (Å²) in [5.74, 6) is 0. The molecule has 1 aliphatic rings. The fourth-order valence-electron chi connectivity index (χ4n) is 1.76. The predicted octanol–water partition coefficient (Wildman–Crippen LogP) is 0.539. The minimum Gasteiger partial charge on any atom is -0.546 e. The molecule has 0 radical (unpaired) electrons. The maximum atomic E-state index is 12.3. The van der Waals surface area contributed by atoms with Crippen LogP contribution in [0.15, 0.2) is 29.2 Å². The maximum absolute atomic E-state index is 12.3. The van der Waals surface area contributed by atoms with Crippen LogP contribution in [-0.4, -0.2) is 43.6 Å². The number of aliphatic hydroxyl groups excluding tert-OH is 1. The molecule has 1 N–H and O–H groups in total. The third-order valence-corrected chi connectivity index (χ3v) is 4.68. The van der Waals surface area contributed by atoms with E-state index in [1.807, 2.05) is 6.92 Å². The van der Waals surface area contributed by atoms with Crippen LogP contribution in [0.5, 0.6) is 0 Å². The SMILES string of the molecule is Cc1ccc(S(=O)(=O)N2C[CH-]OC(CO)C2)cc1.[U]. The van der Waals surface area contributed by atoms with E-state index in [9.17, 15) is 8.42 Å². The molecule has 1 aliphatic heterocycles. The normalized spacial score (nSPS) is 20.8. The van der Waals surface area contributed by atoms with Gasteiger partial charge in [-0.15, -0.1) is 0 Å². The Hall–Kier alpha value is 0.102. The maximum Gasteiger partial charge on any atom is 0.240 e. The van der Waals surface area contributed by atoms with Crippen LogP contribution in [-0.2, 0) is 14.8 Å². The van der Waals surface area contributed by atoms with Gasteiger partial charge in [0.2, 0.25) is 10.0 Å². The Labute approximate surface area is 137 Å². The smallest absolute Gasteiger partial charge is 0.240 e. The number of benzene rings is 1. The molecule has 5 nitrogen and oxygen atoms in total. The Morgan fingerprint density at radius 1 is 1.42 bits per heavy atom. The molecule has 0 amide bonds. The van der Waals surface area contributed by atoms with Gasteiger partial charge in [0, 0.05) is 37.7 Å². The minimum atomic E-state index is -3.51. The first kappa shape index (κ1) is 17.2. The third-order valence-electron chi connectivity index (χ3n) is 2.84. The summed E-state index contributed by atoms with van der Waals surface area (Å²) >= 11 is 0. The van der Waals surface area contributed by atoms with Gasteiger partial charge in [-0.25, -0.2) is 12.7 Å². The van der Waals surface area contributed by atoms with Crippen molar-refractivity contribution in [2.24, 2.45) is 0 Å². The van der Waals surface area contributed by atoms with Crippen molar-refractivity contribution in [1.29, 1.82) is 0 Å². The molecule has 0 bridgehead atoms. The van der Waals surface area contributed by atoms with Gasteiger partial charge < -0.3 is 9.84 Å². The molecular formula is C12H16NO4SU-. The largest absolute Gasteiger partial charge is 0.546 e. The Kier molecular flexibility index (Phi) is 6.51. The molecule has 1 unspecified atom stereocenters. The van der Waals surface area contributed by atoms with Gasteiger partial charge in [-0.3, -0.25) is 0 Å². The summed E-state index contributed by atoms with van der Waals surface area (Å²) in [5, 5.41) is 9.01. The molecule has 0 aromatic heterocycles. The number of nitrogens with zero attached hydrogens (tertiary/aromatic N) is 1. The monoisotopic (exact) mass is 508 g/mol. The van der Waals surface area contributed by atoms with Crippen molar-refractivity contribution >= 4 is 10.0 Å². The summed E-state index contributed by atoms with van der Waals surface area (Å²) in [4.78, 5) is 0.264. The predicted molar refractivity (Wildman–Crippen MR) is 66.2 cm³/mol. The zero-order chi connectivity index (χ0) is 13.2. The molecule has 1 heterocycles. The van der Waals surface area contributed by atoms with Crippen LogP contribution < -0.4 is 0 Å². The Morgan fingerprint density at radius 3 is 2.63 bits per heavy atom. The van der Waals surface area contributed by atoms with E-state index in [0.717, 1.165) is 5.56 Å². The van der Waals surface area contributed by atoms with Gasteiger partial charge >= 0.3 is 0 Å². The Balaban J connectivity index is 0.00000180. The summed E-state index contributed by atoms with van der Waals surface area (Å²) in [7, 11) is -3.51. The molecule has 1 aromatic carbocycles. The quantitative estimate of drug-likeness (QED) is 0.606. The average Bonchev–Trinajstić information content (AvgIpc) is 2.39. The average molecular weight is 508 g/mol. The van der Waals surface area contributed by atoms with Gasteiger partial charge in [-0.05, 0) is 19.1 Å². The second-order valence-electron chi connectivity index (χ2n) is 4.24. The van der Waals surface area contributed by atoms with Crippen LogP contribution in [0.4, 0.5) is 0 Å². The van der Waals surface area contributed by atoms with Crippen LogP contribution in [0.1, 0.15) is 5.56 Å². The van der Waals surface area contributed by atoms with E-state index in [1.54, 1.807) is 24.3 Å². The first-order valence-corrected chi connectivity index (χ1v) is 7.13. The second-order valence-corrected chi connectivity index (χ2v) is 6.18. The van der Waals surface area contributed by atoms with Gasteiger partial charge in [0.05, 0.1) is 17.6 Å². The van der Waals surface area contributed by atoms with E-state index in [0.29, 0.717) is 0 Å². The van der Waals surface area contributed by atoms with Gasteiger partial charge in [-0.2, -0.15) is 6.61 Å². The van der Waals surface area contributed by atoms with E-state index < -0.39 is 16.1 Å². The molecule has 1 fully saturated rings. The summed E-state index contributed by atoms with van der Waals surface area (Å²) in [5.41, 5.74) is 1.01. The molecule has 0 aliphatic carbocycles. The number of rotatable bonds is 3. The van der Waals surface area contributed by atoms with Crippen molar-refractivity contribution in [2.75, 3.05) is 19.7 Å². The van der Waals surface area contributed by atoms with E-state index in [-0.39, 0.29) is 55.7 Å². The van der Waals surface area contributed by atoms with Gasteiger partial charge in [0.15, 0.2) is 0 Å². The molecule has 1 aromatic rings. The van der Waals surface area contributed by atoms with E-state index in [2.05, 4.69) is 0 Å². The zero-order valence-corrected chi connectivity index (χ0v) is 15.6. The van der Waals surface area contributed by atoms with Crippen molar-refractivity contribution in [3.63, 3.8) is 0 Å². The van der Waals surface area contributed by atoms with Gasteiger partial charge in [0.1, 0.15) is 0 Å². The van der Waals surface area contributed by atoms with Crippen molar-refractivity contribution < 1.29 is 49.4 Å². The Bertz CT molecular complexity index is 503. The standard InChI is InChI=1S/C12H16NO4S.U/c1-10-2-4-12(5-3-10)18(15,16)13-6-7-17-11(8-13)9-14;/h2-5,7,11,14H,6,8-9H2,1H3;/q-1;. The van der Waals surface area contributed by atoms with Crippen LogP contribution in [0.2, 0.25) is 0 Å². The number of hydrogen-bond acceptors (Lipinski definition) is 4. The van der Waals surface area contributed by atoms with E-state index in [4.69, 9.17) is 9.84 Å². The summed E-state index contributed by atoms with van der Waals surface area (Å²) in [6, 6.07) is 6.71. The first-order chi connectivity index (χ1) is 8.54. The van der Waals surface area contributed by atoms with Crippen LogP contribution in [0.25, 0.3) is 0 Å². The van der Waals surface area contributed by atoms with Crippen LogP contribution in [0.3, 0.4) is 0 Å². The summed E-state index contributed by atoms with van der Waals surface area (Å²) < 4.78 is 31.1. The molecule has 104 valence electrons. The van der Waals surface area contributed by atoms with E-state index in [1.165, 1.54) is 10.9 Å². The molecule has 1 saturated heterocycles. The number of sulfonamides is 1. The van der Waals surface area contributed by atoms with Crippen LogP contribution >= 0.6 is 0 Å². The fourth-order valence-corrected chi connectivity index (χ4v) is 3.16. The molecule has 1 atom stereocenters. The first-order valence-electron chi connectivity index (χ1n) is 5.69. The van der Waals surface area contributed by atoms with Crippen molar-refractivity contribution in [3.8, 4) is 0 Å². The molecular weight excluding hydrogens is 492 g/mol. The van der Waals surface area contributed by atoms with Crippen molar-refractivity contribution in [3.05, 3.63) is 36.4 Å². The minimum absolute atomic E-state index is 0. The topological polar surface area (TPSA) is 66.8 Å². The van der Waals surface area contributed by atoms with Gasteiger partial charge in [-0.1, -0.05) is 24.2 Å². The van der Waals surface area contributed by atoms with E-state index >= 15 is 0 Å². The number of aliphatic hydroxyl groups is 1. The molecule has 19 heavy (non-hydrogen) atoms. The van der Waals surface area contributed by atoms with Gasteiger partial charge in [0.25, 0.3) is 0 Å². The number of morpholine rings is 1. The molecule has 7 heteroatoms. The molecule has 0 saturated carbocycles. The Morgan fingerprint density at radius 2 is 2.05 bits per heavy atom. The molecule has 0 spiro atoms. The van der Waals surface area contributed by atoms with Crippen molar-refractivity contribution in [2.45, 2.75) is 17.9 Å². The summed E-state index contributed by atoms with van der Waals surface area (Å²) in [6.45, 7) is 3.49. The number of hydrogen-bond donors (Lipinski definition) is 1. The number of aryl methyl sites for hydroxylation is 1. The second kappa shape index (κ2) is 7.21.